The molecule has 0 saturated carbocycles. The highest BCUT2D eigenvalue weighted by Crippen LogP contribution is 2.32. The van der Waals surface area contributed by atoms with Gasteiger partial charge >= 0.3 is 0 Å². The molecule has 0 aliphatic heterocycles. The molecule has 1 aromatic heterocycles. The summed E-state index contributed by atoms with van der Waals surface area (Å²) in [7, 11) is 1.63. The monoisotopic (exact) mass is 434 g/mol. The Morgan fingerprint density at radius 1 is 1.21 bits per heavy atom. The van der Waals surface area contributed by atoms with Crippen molar-refractivity contribution in [3.63, 3.8) is 0 Å². The molecule has 1 atom stereocenters. The number of anilines is 1. The van der Waals surface area contributed by atoms with Crippen LogP contribution in [0.25, 0.3) is 10.9 Å². The van der Waals surface area contributed by atoms with E-state index in [1.54, 1.807) is 25.3 Å². The summed E-state index contributed by atoms with van der Waals surface area (Å²) in [6, 6.07) is 12.8. The Morgan fingerprint density at radius 2 is 1.93 bits per heavy atom. The van der Waals surface area contributed by atoms with E-state index in [1.165, 1.54) is 11.8 Å². The quantitative estimate of drug-likeness (QED) is 0.457. The number of rotatable bonds is 6. The number of amides is 1. The van der Waals surface area contributed by atoms with Crippen LogP contribution >= 0.6 is 35.0 Å². The van der Waals surface area contributed by atoms with Crippen molar-refractivity contribution in [3.05, 3.63) is 58.1 Å². The van der Waals surface area contributed by atoms with Gasteiger partial charge in [0.2, 0.25) is 5.91 Å². The second-order valence-corrected chi connectivity index (χ2v) is 8.39. The van der Waals surface area contributed by atoms with Gasteiger partial charge in [0.05, 0.1) is 17.4 Å². The zero-order valence-electron chi connectivity index (χ0n) is 15.8. The Hall–Kier alpha value is -1.95. The lowest BCUT2D eigenvalue weighted by atomic mass is 10.1. The Labute approximate surface area is 178 Å². The third-order valence-electron chi connectivity index (χ3n) is 4.26. The van der Waals surface area contributed by atoms with Crippen molar-refractivity contribution in [3.8, 4) is 5.75 Å². The number of hydrogen-bond acceptors (Lipinski definition) is 4. The topological polar surface area (TPSA) is 51.2 Å². The molecule has 1 amide bonds. The van der Waals surface area contributed by atoms with Gasteiger partial charge in [-0.2, -0.15) is 0 Å². The first-order valence-electron chi connectivity index (χ1n) is 8.79. The van der Waals surface area contributed by atoms with E-state index in [0.29, 0.717) is 27.9 Å². The van der Waals surface area contributed by atoms with Crippen molar-refractivity contribution in [1.82, 2.24) is 4.98 Å². The predicted molar refractivity (Wildman–Crippen MR) is 118 cm³/mol. The number of nitrogens with zero attached hydrogens (tertiary/aromatic N) is 1. The number of ether oxygens (including phenoxy) is 1. The molecule has 2 aromatic carbocycles. The SMILES string of the molecule is CCC(Sc1cc(C)c2cccc(OC)c2n1)C(=O)Nc1cc(Cl)cc(Cl)c1. The van der Waals surface area contributed by atoms with Crippen LogP contribution in [-0.2, 0) is 4.79 Å². The number of methoxy groups -OCH3 is 1. The molecule has 0 fully saturated rings. The summed E-state index contributed by atoms with van der Waals surface area (Å²) in [5.74, 6) is 0.597. The fraction of sp³-hybridized carbons (Fsp3) is 0.238. The maximum Gasteiger partial charge on any atom is 0.237 e. The normalized spacial score (nSPS) is 12.0. The van der Waals surface area contributed by atoms with Crippen LogP contribution in [0.4, 0.5) is 5.69 Å². The Kier molecular flexibility index (Phi) is 6.70. The molecule has 0 radical (unpaired) electrons. The molecule has 0 aliphatic rings. The number of thioether (sulfide) groups is 1. The Balaban J connectivity index is 1.85. The van der Waals surface area contributed by atoms with Gasteiger partial charge in [0, 0.05) is 21.1 Å². The van der Waals surface area contributed by atoms with Gasteiger partial charge in [-0.3, -0.25) is 4.79 Å². The maximum atomic E-state index is 12.8. The Bertz CT molecular complexity index is 1010. The minimum absolute atomic E-state index is 0.120. The first kappa shape index (κ1) is 20.8. The van der Waals surface area contributed by atoms with Crippen LogP contribution in [0.1, 0.15) is 18.9 Å². The minimum atomic E-state index is -0.309. The molecule has 4 nitrogen and oxygen atoms in total. The van der Waals surface area contributed by atoms with Gasteiger partial charge in [-0.25, -0.2) is 4.98 Å². The number of pyridine rings is 1. The number of aryl methyl sites for hydroxylation is 1. The van der Waals surface area contributed by atoms with Crippen LogP contribution in [0.5, 0.6) is 5.75 Å². The van der Waals surface area contributed by atoms with Gasteiger partial charge in [0.15, 0.2) is 0 Å². The largest absolute Gasteiger partial charge is 0.494 e. The summed E-state index contributed by atoms with van der Waals surface area (Å²) in [6.45, 7) is 4.00. The molecule has 1 N–H and O–H groups in total. The maximum absolute atomic E-state index is 12.8. The third kappa shape index (κ3) is 4.72. The smallest absolute Gasteiger partial charge is 0.237 e. The molecule has 3 rings (SSSR count). The van der Waals surface area contributed by atoms with Gasteiger partial charge in [-0.05, 0) is 49.2 Å². The molecule has 3 aromatic rings. The first-order chi connectivity index (χ1) is 13.4. The van der Waals surface area contributed by atoms with Gasteiger partial charge < -0.3 is 10.1 Å². The Morgan fingerprint density at radius 3 is 2.57 bits per heavy atom. The average molecular weight is 435 g/mol. The van der Waals surface area contributed by atoms with Crippen molar-refractivity contribution >= 4 is 57.5 Å². The standard InChI is InChI=1S/C21H20Cl2N2O2S/c1-4-18(21(26)24-15-10-13(22)9-14(23)11-15)28-19-8-12(2)16-6-5-7-17(27-3)20(16)25-19/h5-11,18H,4H2,1-3H3,(H,24,26). The summed E-state index contributed by atoms with van der Waals surface area (Å²) in [4.78, 5) is 17.5. The van der Waals surface area contributed by atoms with E-state index in [2.05, 4.69) is 5.32 Å². The summed E-state index contributed by atoms with van der Waals surface area (Å²) in [6.07, 6.45) is 0.648. The molecule has 146 valence electrons. The number of halogens is 2. The molecule has 0 spiro atoms. The highest BCUT2D eigenvalue weighted by Gasteiger charge is 2.20. The van der Waals surface area contributed by atoms with Crippen LogP contribution < -0.4 is 10.1 Å². The second-order valence-electron chi connectivity index (χ2n) is 6.30. The summed E-state index contributed by atoms with van der Waals surface area (Å²) < 4.78 is 5.44. The van der Waals surface area contributed by atoms with Gasteiger partial charge in [0.25, 0.3) is 0 Å². The van der Waals surface area contributed by atoms with Gasteiger partial charge in [0.1, 0.15) is 11.3 Å². The van der Waals surface area contributed by atoms with Crippen molar-refractivity contribution < 1.29 is 9.53 Å². The highest BCUT2D eigenvalue weighted by atomic mass is 35.5. The van der Waals surface area contributed by atoms with E-state index in [1.807, 2.05) is 38.1 Å². The van der Waals surface area contributed by atoms with E-state index in [4.69, 9.17) is 32.9 Å². The lowest BCUT2D eigenvalue weighted by Crippen LogP contribution is -2.24. The molecular formula is C21H20Cl2N2O2S. The molecule has 0 bridgehead atoms. The predicted octanol–water partition coefficient (Wildman–Crippen LogP) is 6.37. The molecule has 7 heteroatoms. The average Bonchev–Trinajstić information content (AvgIpc) is 2.64. The van der Waals surface area contributed by atoms with Crippen LogP contribution in [0, 0.1) is 6.92 Å². The van der Waals surface area contributed by atoms with Crippen LogP contribution in [0.2, 0.25) is 10.0 Å². The number of benzene rings is 2. The summed E-state index contributed by atoms with van der Waals surface area (Å²) >= 11 is 13.5. The lowest BCUT2D eigenvalue weighted by Gasteiger charge is -2.16. The van der Waals surface area contributed by atoms with Crippen molar-refractivity contribution in [2.45, 2.75) is 30.5 Å². The molecule has 28 heavy (non-hydrogen) atoms. The molecule has 0 aliphatic carbocycles. The van der Waals surface area contributed by atoms with Crippen LogP contribution in [0.15, 0.2) is 47.5 Å². The second kappa shape index (κ2) is 9.03. The van der Waals surface area contributed by atoms with E-state index < -0.39 is 0 Å². The van der Waals surface area contributed by atoms with Gasteiger partial charge in [-0.15, -0.1) is 0 Å². The minimum Gasteiger partial charge on any atom is -0.494 e. The zero-order valence-corrected chi connectivity index (χ0v) is 18.1. The van der Waals surface area contributed by atoms with Crippen LogP contribution in [0.3, 0.4) is 0 Å². The van der Waals surface area contributed by atoms with E-state index in [0.717, 1.165) is 21.5 Å². The number of aromatic nitrogens is 1. The molecular weight excluding hydrogens is 415 g/mol. The van der Waals surface area contributed by atoms with Crippen molar-refractivity contribution in [2.75, 3.05) is 12.4 Å². The molecule has 1 unspecified atom stereocenters. The van der Waals surface area contributed by atoms with Crippen molar-refractivity contribution in [2.24, 2.45) is 0 Å². The van der Waals surface area contributed by atoms with E-state index >= 15 is 0 Å². The van der Waals surface area contributed by atoms with E-state index in [-0.39, 0.29) is 11.2 Å². The third-order valence-corrected chi connectivity index (χ3v) is 5.98. The fourth-order valence-corrected chi connectivity index (χ4v) is 4.44. The van der Waals surface area contributed by atoms with Crippen LogP contribution in [-0.4, -0.2) is 23.3 Å². The lowest BCUT2D eigenvalue weighted by molar-refractivity contribution is -0.115. The number of hydrogen-bond donors (Lipinski definition) is 1. The fourth-order valence-electron chi connectivity index (χ4n) is 2.90. The molecule has 0 saturated heterocycles. The number of nitrogens with one attached hydrogen (secondary N) is 1. The summed E-state index contributed by atoms with van der Waals surface area (Å²) in [5, 5.41) is 5.34. The zero-order chi connectivity index (χ0) is 20.3. The van der Waals surface area contributed by atoms with E-state index in [9.17, 15) is 4.79 Å². The number of carbonyl (C=O) groups excluding carboxylic acids is 1. The number of fused-ring (bicyclic) bond motifs is 1. The number of carbonyl (C=O) groups is 1. The number of para-hydroxylation sites is 1. The first-order valence-corrected chi connectivity index (χ1v) is 10.4. The highest BCUT2D eigenvalue weighted by molar-refractivity contribution is 8.00. The van der Waals surface area contributed by atoms with Crippen molar-refractivity contribution in [1.29, 1.82) is 0 Å². The molecule has 1 heterocycles. The van der Waals surface area contributed by atoms with Gasteiger partial charge in [-0.1, -0.05) is 54.0 Å². The summed E-state index contributed by atoms with van der Waals surface area (Å²) in [5.41, 5.74) is 2.46.